The van der Waals surface area contributed by atoms with Gasteiger partial charge in [-0.05, 0) is 49.2 Å². The van der Waals surface area contributed by atoms with Crippen LogP contribution in [-0.4, -0.2) is 43.4 Å². The van der Waals surface area contributed by atoms with Gasteiger partial charge >= 0.3 is 5.97 Å². The van der Waals surface area contributed by atoms with Crippen LogP contribution in [0.2, 0.25) is 0 Å². The monoisotopic (exact) mass is 374 g/mol. The fraction of sp³-hybridized carbons (Fsp3) is 0.316. The average molecular weight is 374 g/mol. The van der Waals surface area contributed by atoms with Gasteiger partial charge in [-0.1, -0.05) is 6.92 Å². The standard InChI is InChI=1S/C19H22N2O4S/c1-5-13-10-16(26-12(13)2)19(24)25-11-17(22)20-15-8-6-14(7-9-15)18(23)21(3)4/h6-10H,5,11H2,1-4H3,(H,20,22). The highest BCUT2D eigenvalue weighted by molar-refractivity contribution is 7.14. The van der Waals surface area contributed by atoms with E-state index in [2.05, 4.69) is 5.32 Å². The third kappa shape index (κ3) is 4.92. The number of nitrogens with zero attached hydrogens (tertiary/aromatic N) is 1. The van der Waals surface area contributed by atoms with Crippen LogP contribution in [-0.2, 0) is 16.0 Å². The van der Waals surface area contributed by atoms with E-state index in [1.165, 1.54) is 16.2 Å². The summed E-state index contributed by atoms with van der Waals surface area (Å²) < 4.78 is 5.07. The summed E-state index contributed by atoms with van der Waals surface area (Å²) in [6.07, 6.45) is 0.850. The van der Waals surface area contributed by atoms with E-state index in [4.69, 9.17) is 4.74 Å². The molecular weight excluding hydrogens is 352 g/mol. The molecule has 1 aromatic carbocycles. The van der Waals surface area contributed by atoms with Crippen molar-refractivity contribution in [3.63, 3.8) is 0 Å². The van der Waals surface area contributed by atoms with Crippen LogP contribution in [0.4, 0.5) is 5.69 Å². The molecular formula is C19H22N2O4S. The molecule has 0 saturated carbocycles. The van der Waals surface area contributed by atoms with Crippen LogP contribution in [0.15, 0.2) is 30.3 Å². The van der Waals surface area contributed by atoms with Crippen molar-refractivity contribution in [2.24, 2.45) is 0 Å². The first-order chi connectivity index (χ1) is 12.3. The molecule has 2 aromatic rings. The molecule has 1 aromatic heterocycles. The van der Waals surface area contributed by atoms with Crippen LogP contribution < -0.4 is 5.32 Å². The van der Waals surface area contributed by atoms with Gasteiger partial charge in [0, 0.05) is 30.2 Å². The highest BCUT2D eigenvalue weighted by atomic mass is 32.1. The van der Waals surface area contributed by atoms with Crippen molar-refractivity contribution in [3.05, 3.63) is 51.2 Å². The number of rotatable bonds is 6. The van der Waals surface area contributed by atoms with E-state index in [1.54, 1.807) is 44.4 Å². The second kappa shape index (κ2) is 8.62. The normalized spacial score (nSPS) is 10.3. The molecule has 26 heavy (non-hydrogen) atoms. The van der Waals surface area contributed by atoms with E-state index < -0.39 is 11.9 Å². The molecule has 0 fully saturated rings. The molecule has 1 N–H and O–H groups in total. The van der Waals surface area contributed by atoms with Crippen molar-refractivity contribution < 1.29 is 19.1 Å². The average Bonchev–Trinajstić information content (AvgIpc) is 3.00. The molecule has 0 atom stereocenters. The van der Waals surface area contributed by atoms with E-state index in [9.17, 15) is 14.4 Å². The number of benzene rings is 1. The lowest BCUT2D eigenvalue weighted by molar-refractivity contribution is -0.119. The van der Waals surface area contributed by atoms with E-state index in [-0.39, 0.29) is 12.5 Å². The maximum absolute atomic E-state index is 12.0. The fourth-order valence-electron chi connectivity index (χ4n) is 2.33. The number of carbonyl (C=O) groups excluding carboxylic acids is 3. The molecule has 0 unspecified atom stereocenters. The van der Waals surface area contributed by atoms with Gasteiger partial charge in [-0.2, -0.15) is 0 Å². The molecule has 2 rings (SSSR count). The number of hydrogen-bond acceptors (Lipinski definition) is 5. The van der Waals surface area contributed by atoms with E-state index in [0.29, 0.717) is 16.1 Å². The first-order valence-electron chi connectivity index (χ1n) is 8.19. The Morgan fingerprint density at radius 1 is 1.15 bits per heavy atom. The lowest BCUT2D eigenvalue weighted by Gasteiger charge is -2.11. The smallest absolute Gasteiger partial charge is 0.348 e. The van der Waals surface area contributed by atoms with Crippen LogP contribution in [0.1, 0.15) is 37.4 Å². The quantitative estimate of drug-likeness (QED) is 0.788. The second-order valence-corrected chi connectivity index (χ2v) is 7.20. The number of amides is 2. The van der Waals surface area contributed by atoms with Gasteiger partial charge in [0.2, 0.25) is 0 Å². The zero-order chi connectivity index (χ0) is 19.3. The third-order valence-electron chi connectivity index (χ3n) is 3.76. The summed E-state index contributed by atoms with van der Waals surface area (Å²) in [6.45, 7) is 3.61. The van der Waals surface area contributed by atoms with Crippen molar-refractivity contribution in [3.8, 4) is 0 Å². The van der Waals surface area contributed by atoms with Gasteiger partial charge in [-0.3, -0.25) is 9.59 Å². The molecule has 0 aliphatic carbocycles. The summed E-state index contributed by atoms with van der Waals surface area (Å²) in [5, 5.41) is 2.63. The molecule has 0 saturated heterocycles. The van der Waals surface area contributed by atoms with Gasteiger partial charge in [0.05, 0.1) is 0 Å². The number of carbonyl (C=O) groups is 3. The van der Waals surface area contributed by atoms with Gasteiger partial charge in [-0.25, -0.2) is 4.79 Å². The number of esters is 1. The third-order valence-corrected chi connectivity index (χ3v) is 4.83. The Hall–Kier alpha value is -2.67. The molecule has 2 amide bonds. The van der Waals surface area contributed by atoms with Gasteiger partial charge < -0.3 is 15.0 Å². The van der Waals surface area contributed by atoms with Crippen molar-refractivity contribution in [2.45, 2.75) is 20.3 Å². The zero-order valence-electron chi connectivity index (χ0n) is 15.3. The van der Waals surface area contributed by atoms with Crippen LogP contribution in [0.3, 0.4) is 0 Å². The lowest BCUT2D eigenvalue weighted by Crippen LogP contribution is -2.22. The van der Waals surface area contributed by atoms with Crippen LogP contribution in [0.25, 0.3) is 0 Å². The second-order valence-electron chi connectivity index (χ2n) is 5.95. The minimum absolute atomic E-state index is 0.116. The van der Waals surface area contributed by atoms with E-state index in [1.807, 2.05) is 13.8 Å². The molecule has 0 radical (unpaired) electrons. The van der Waals surface area contributed by atoms with Gasteiger partial charge in [-0.15, -0.1) is 11.3 Å². The van der Waals surface area contributed by atoms with Crippen molar-refractivity contribution >= 4 is 34.8 Å². The molecule has 6 nitrogen and oxygen atoms in total. The number of ether oxygens (including phenoxy) is 1. The Balaban J connectivity index is 1.88. The molecule has 0 aliphatic heterocycles. The molecule has 1 heterocycles. The predicted octanol–water partition coefficient (Wildman–Crippen LogP) is 3.12. The van der Waals surface area contributed by atoms with Crippen molar-refractivity contribution in [2.75, 3.05) is 26.0 Å². The Labute approximate surface area is 156 Å². The molecule has 0 spiro atoms. The minimum Gasteiger partial charge on any atom is -0.451 e. The number of hydrogen-bond donors (Lipinski definition) is 1. The summed E-state index contributed by atoms with van der Waals surface area (Å²) >= 11 is 1.37. The highest BCUT2D eigenvalue weighted by Gasteiger charge is 2.15. The highest BCUT2D eigenvalue weighted by Crippen LogP contribution is 2.22. The maximum atomic E-state index is 12.0. The van der Waals surface area contributed by atoms with E-state index in [0.717, 1.165) is 16.9 Å². The number of nitrogens with one attached hydrogen (secondary N) is 1. The Morgan fingerprint density at radius 3 is 2.35 bits per heavy atom. The Bertz CT molecular complexity index is 809. The minimum atomic E-state index is -0.500. The predicted molar refractivity (Wildman–Crippen MR) is 102 cm³/mol. The zero-order valence-corrected chi connectivity index (χ0v) is 16.1. The summed E-state index contributed by atoms with van der Waals surface area (Å²) in [7, 11) is 3.34. The first-order valence-corrected chi connectivity index (χ1v) is 9.01. The van der Waals surface area contributed by atoms with Gasteiger partial charge in [0.25, 0.3) is 11.8 Å². The number of anilines is 1. The van der Waals surface area contributed by atoms with E-state index >= 15 is 0 Å². The Morgan fingerprint density at radius 2 is 1.81 bits per heavy atom. The lowest BCUT2D eigenvalue weighted by atomic mass is 10.2. The fourth-order valence-corrected chi connectivity index (χ4v) is 3.33. The number of aryl methyl sites for hydroxylation is 2. The van der Waals surface area contributed by atoms with Crippen LogP contribution >= 0.6 is 11.3 Å². The summed E-state index contributed by atoms with van der Waals surface area (Å²) in [6, 6.07) is 8.33. The topological polar surface area (TPSA) is 75.7 Å². The molecule has 138 valence electrons. The molecule has 0 bridgehead atoms. The van der Waals surface area contributed by atoms with Gasteiger partial charge in [0.15, 0.2) is 6.61 Å². The van der Waals surface area contributed by atoms with Gasteiger partial charge in [0.1, 0.15) is 4.88 Å². The summed E-state index contributed by atoms with van der Waals surface area (Å²) in [5.74, 6) is -1.05. The summed E-state index contributed by atoms with van der Waals surface area (Å²) in [5.41, 5.74) is 2.17. The maximum Gasteiger partial charge on any atom is 0.348 e. The first kappa shape index (κ1) is 19.7. The SMILES string of the molecule is CCc1cc(C(=O)OCC(=O)Nc2ccc(C(=O)N(C)C)cc2)sc1C. The van der Waals surface area contributed by atoms with Crippen LogP contribution in [0, 0.1) is 6.92 Å². The molecule has 7 heteroatoms. The number of thiophene rings is 1. The summed E-state index contributed by atoms with van der Waals surface area (Å²) in [4.78, 5) is 38.8. The largest absolute Gasteiger partial charge is 0.451 e. The van der Waals surface area contributed by atoms with Crippen LogP contribution in [0.5, 0.6) is 0 Å². The van der Waals surface area contributed by atoms with Crippen molar-refractivity contribution in [1.82, 2.24) is 4.90 Å². The Kier molecular flexibility index (Phi) is 6.52. The van der Waals surface area contributed by atoms with Crippen molar-refractivity contribution in [1.29, 1.82) is 0 Å². The molecule has 0 aliphatic rings.